The van der Waals surface area contributed by atoms with Crippen LogP contribution in [0.3, 0.4) is 0 Å². The molecule has 0 fully saturated rings. The molecular formula is C29H36O7. The SMILES string of the molecule is C=C(C)C(=O)OC(C)Oc1ccc(CC(C)c2ccc(OCC)cc2OC(C)OC(=O)C(=C)C)cc1. The number of hydrogen-bond acceptors (Lipinski definition) is 7. The Kier molecular flexibility index (Phi) is 10.6. The maximum absolute atomic E-state index is 11.9. The summed E-state index contributed by atoms with van der Waals surface area (Å²) >= 11 is 0. The van der Waals surface area contributed by atoms with Gasteiger partial charge >= 0.3 is 11.9 Å². The first-order valence-corrected chi connectivity index (χ1v) is 11.9. The minimum absolute atomic E-state index is 0.0851. The lowest BCUT2D eigenvalue weighted by molar-refractivity contribution is -0.157. The van der Waals surface area contributed by atoms with Crippen molar-refractivity contribution in [1.82, 2.24) is 0 Å². The van der Waals surface area contributed by atoms with E-state index in [-0.39, 0.29) is 5.92 Å². The van der Waals surface area contributed by atoms with Crippen molar-refractivity contribution in [3.8, 4) is 17.2 Å². The Morgan fingerprint density at radius 1 is 0.806 bits per heavy atom. The molecule has 0 radical (unpaired) electrons. The lowest BCUT2D eigenvalue weighted by Crippen LogP contribution is -2.22. The molecule has 0 aliphatic rings. The number of carbonyl (C=O) groups is 2. The highest BCUT2D eigenvalue weighted by Crippen LogP contribution is 2.34. The van der Waals surface area contributed by atoms with Crippen molar-refractivity contribution in [1.29, 1.82) is 0 Å². The van der Waals surface area contributed by atoms with E-state index in [1.165, 1.54) is 0 Å². The van der Waals surface area contributed by atoms with Crippen LogP contribution in [0, 0.1) is 0 Å². The first kappa shape index (κ1) is 28.5. The van der Waals surface area contributed by atoms with Gasteiger partial charge in [-0.2, -0.15) is 0 Å². The normalized spacial score (nSPS) is 13.1. The molecule has 0 heterocycles. The van der Waals surface area contributed by atoms with Crippen LogP contribution in [-0.2, 0) is 25.5 Å². The van der Waals surface area contributed by atoms with E-state index in [9.17, 15) is 9.59 Å². The second-order valence-corrected chi connectivity index (χ2v) is 8.62. The average molecular weight is 497 g/mol. The van der Waals surface area contributed by atoms with E-state index in [0.29, 0.717) is 35.0 Å². The van der Waals surface area contributed by atoms with Gasteiger partial charge in [0.15, 0.2) is 0 Å². The van der Waals surface area contributed by atoms with E-state index in [0.717, 1.165) is 17.5 Å². The molecule has 0 bridgehead atoms. The minimum atomic E-state index is -0.797. The van der Waals surface area contributed by atoms with Crippen LogP contribution in [0.25, 0.3) is 0 Å². The van der Waals surface area contributed by atoms with Gasteiger partial charge in [0.05, 0.1) is 6.61 Å². The number of hydrogen-bond donors (Lipinski definition) is 0. The lowest BCUT2D eigenvalue weighted by Gasteiger charge is -2.22. The Hall–Kier alpha value is -3.74. The van der Waals surface area contributed by atoms with E-state index < -0.39 is 24.5 Å². The van der Waals surface area contributed by atoms with Crippen LogP contribution in [-0.4, -0.2) is 31.1 Å². The van der Waals surface area contributed by atoms with Crippen LogP contribution < -0.4 is 14.2 Å². The van der Waals surface area contributed by atoms with Gasteiger partial charge in [0.2, 0.25) is 12.6 Å². The molecule has 0 saturated carbocycles. The van der Waals surface area contributed by atoms with Crippen LogP contribution in [0.5, 0.6) is 17.2 Å². The second kappa shape index (κ2) is 13.4. The van der Waals surface area contributed by atoms with Crippen molar-refractivity contribution in [2.75, 3.05) is 6.61 Å². The monoisotopic (exact) mass is 496 g/mol. The minimum Gasteiger partial charge on any atom is -0.494 e. The molecule has 7 nitrogen and oxygen atoms in total. The summed E-state index contributed by atoms with van der Waals surface area (Å²) in [6.07, 6.45) is -0.803. The Bertz CT molecular complexity index is 1070. The first-order chi connectivity index (χ1) is 17.0. The fraction of sp³-hybridized carbons (Fsp3) is 0.379. The zero-order valence-corrected chi connectivity index (χ0v) is 22.0. The van der Waals surface area contributed by atoms with Crippen molar-refractivity contribution in [3.63, 3.8) is 0 Å². The van der Waals surface area contributed by atoms with Gasteiger partial charge in [-0.25, -0.2) is 9.59 Å². The van der Waals surface area contributed by atoms with Gasteiger partial charge in [-0.1, -0.05) is 38.3 Å². The molecular weight excluding hydrogens is 460 g/mol. The van der Waals surface area contributed by atoms with Gasteiger partial charge in [0.1, 0.15) is 17.2 Å². The highest BCUT2D eigenvalue weighted by molar-refractivity contribution is 5.87. The summed E-state index contributed by atoms with van der Waals surface area (Å²) in [4.78, 5) is 23.5. The Morgan fingerprint density at radius 2 is 1.33 bits per heavy atom. The van der Waals surface area contributed by atoms with Crippen LogP contribution in [0.4, 0.5) is 0 Å². The average Bonchev–Trinajstić information content (AvgIpc) is 2.80. The quantitative estimate of drug-likeness (QED) is 0.188. The molecule has 36 heavy (non-hydrogen) atoms. The van der Waals surface area contributed by atoms with Crippen LogP contribution in [0.1, 0.15) is 58.6 Å². The molecule has 0 aromatic heterocycles. The van der Waals surface area contributed by atoms with E-state index in [2.05, 4.69) is 20.1 Å². The largest absolute Gasteiger partial charge is 0.494 e. The van der Waals surface area contributed by atoms with E-state index >= 15 is 0 Å². The first-order valence-electron chi connectivity index (χ1n) is 11.9. The maximum Gasteiger partial charge on any atom is 0.336 e. The molecule has 3 unspecified atom stereocenters. The third-order valence-corrected chi connectivity index (χ3v) is 5.13. The van der Waals surface area contributed by atoms with Crippen LogP contribution in [0.15, 0.2) is 66.8 Å². The number of benzene rings is 2. The standard InChI is InChI=1S/C29H36O7/c1-9-32-25-14-15-26(27(17-25)34-22(8)36-29(31)19(4)5)20(6)16-23-10-12-24(13-11-23)33-21(7)35-28(30)18(2)3/h10-15,17,20-22H,2,4,9,16H2,1,3,5-8H3. The van der Waals surface area contributed by atoms with Crippen molar-refractivity contribution >= 4 is 11.9 Å². The third-order valence-electron chi connectivity index (χ3n) is 5.13. The Morgan fingerprint density at radius 3 is 1.86 bits per heavy atom. The predicted octanol–water partition coefficient (Wildman–Crippen LogP) is 6.12. The van der Waals surface area contributed by atoms with Crippen molar-refractivity contribution in [2.24, 2.45) is 0 Å². The molecule has 0 N–H and O–H groups in total. The molecule has 0 aliphatic carbocycles. The van der Waals surface area contributed by atoms with Crippen molar-refractivity contribution < 1.29 is 33.3 Å². The van der Waals surface area contributed by atoms with E-state index in [1.807, 2.05) is 49.4 Å². The molecule has 0 spiro atoms. The number of esters is 2. The Labute approximate surface area is 213 Å². The lowest BCUT2D eigenvalue weighted by atomic mass is 9.93. The molecule has 2 aromatic rings. The molecule has 194 valence electrons. The summed E-state index contributed by atoms with van der Waals surface area (Å²) in [6.45, 7) is 18.2. The van der Waals surface area contributed by atoms with Gasteiger partial charge in [-0.3, -0.25) is 0 Å². The summed E-state index contributed by atoms with van der Waals surface area (Å²) in [5.41, 5.74) is 2.66. The highest BCUT2D eigenvalue weighted by atomic mass is 16.7. The smallest absolute Gasteiger partial charge is 0.336 e. The van der Waals surface area contributed by atoms with Gasteiger partial charge in [-0.05, 0) is 62.4 Å². The summed E-state index contributed by atoms with van der Waals surface area (Å²) in [5.74, 6) is 0.927. The fourth-order valence-electron chi connectivity index (χ4n) is 3.37. The highest BCUT2D eigenvalue weighted by Gasteiger charge is 2.18. The molecule has 3 atom stereocenters. The maximum atomic E-state index is 11.9. The van der Waals surface area contributed by atoms with Crippen molar-refractivity contribution in [2.45, 2.75) is 66.5 Å². The topological polar surface area (TPSA) is 80.3 Å². The predicted molar refractivity (Wildman–Crippen MR) is 138 cm³/mol. The zero-order valence-electron chi connectivity index (χ0n) is 22.0. The van der Waals surface area contributed by atoms with E-state index in [1.54, 1.807) is 27.7 Å². The van der Waals surface area contributed by atoms with Crippen molar-refractivity contribution in [3.05, 3.63) is 77.9 Å². The van der Waals surface area contributed by atoms with Gasteiger partial charge < -0.3 is 23.7 Å². The fourth-order valence-corrected chi connectivity index (χ4v) is 3.37. The molecule has 0 aliphatic heterocycles. The van der Waals surface area contributed by atoms with Gasteiger partial charge in [-0.15, -0.1) is 0 Å². The Balaban J connectivity index is 2.12. The van der Waals surface area contributed by atoms with E-state index in [4.69, 9.17) is 23.7 Å². The molecule has 0 amide bonds. The third kappa shape index (κ3) is 8.80. The number of carbonyl (C=O) groups excluding carboxylic acids is 2. The second-order valence-electron chi connectivity index (χ2n) is 8.62. The molecule has 0 saturated heterocycles. The molecule has 2 rings (SSSR count). The number of rotatable bonds is 13. The summed E-state index contributed by atoms with van der Waals surface area (Å²) in [7, 11) is 0. The van der Waals surface area contributed by atoms with Gasteiger partial charge in [0.25, 0.3) is 0 Å². The summed E-state index contributed by atoms with van der Waals surface area (Å²) in [5, 5.41) is 0. The zero-order chi connectivity index (χ0) is 26.8. The van der Waals surface area contributed by atoms with Crippen LogP contribution in [0.2, 0.25) is 0 Å². The number of ether oxygens (including phenoxy) is 5. The summed E-state index contributed by atoms with van der Waals surface area (Å²) < 4.78 is 27.7. The van der Waals surface area contributed by atoms with Gasteiger partial charge in [0, 0.05) is 31.1 Å². The molecule has 2 aromatic carbocycles. The van der Waals surface area contributed by atoms with Crippen LogP contribution >= 0.6 is 0 Å². The summed E-state index contributed by atoms with van der Waals surface area (Å²) in [6, 6.07) is 13.3. The molecule has 7 heteroatoms.